The van der Waals surface area contributed by atoms with Gasteiger partial charge < -0.3 is 5.32 Å². The summed E-state index contributed by atoms with van der Waals surface area (Å²) in [5.74, 6) is -2.27. The minimum atomic E-state index is -0.987. The van der Waals surface area contributed by atoms with Crippen molar-refractivity contribution >= 4 is 23.1 Å². The van der Waals surface area contributed by atoms with Gasteiger partial charge >= 0.3 is 0 Å². The van der Waals surface area contributed by atoms with Crippen molar-refractivity contribution in [2.24, 2.45) is 0 Å². The fourth-order valence-electron chi connectivity index (χ4n) is 3.01. The van der Waals surface area contributed by atoms with E-state index in [1.54, 1.807) is 6.07 Å². The van der Waals surface area contributed by atoms with Crippen molar-refractivity contribution in [2.45, 2.75) is 19.8 Å². The van der Waals surface area contributed by atoms with Gasteiger partial charge in [0.1, 0.15) is 23.1 Å². The van der Waals surface area contributed by atoms with Gasteiger partial charge in [-0.25, -0.2) is 13.8 Å². The second-order valence-corrected chi connectivity index (χ2v) is 7.64. The van der Waals surface area contributed by atoms with E-state index in [-0.39, 0.29) is 22.9 Å². The first-order valence-electron chi connectivity index (χ1n) is 9.45. The molecule has 31 heavy (non-hydrogen) atoms. The Kier molecular flexibility index (Phi) is 5.72. The quantitative estimate of drug-likeness (QED) is 0.470. The molecule has 3 heterocycles. The Morgan fingerprint density at radius 2 is 2.06 bits per heavy atom. The second-order valence-electron chi connectivity index (χ2n) is 6.69. The molecule has 0 fully saturated rings. The monoisotopic (exact) mass is 441 g/mol. The van der Waals surface area contributed by atoms with Crippen LogP contribution in [0.25, 0.3) is 16.5 Å². The number of hydrogen-bond donors (Lipinski definition) is 2. The molecule has 4 rings (SSSR count). The van der Waals surface area contributed by atoms with Gasteiger partial charge in [-0.15, -0.1) is 11.3 Å². The maximum absolute atomic E-state index is 14.1. The Balaban J connectivity index is 1.78. The van der Waals surface area contributed by atoms with Crippen molar-refractivity contribution < 1.29 is 13.6 Å². The van der Waals surface area contributed by atoms with E-state index in [2.05, 4.69) is 20.4 Å². The summed E-state index contributed by atoms with van der Waals surface area (Å²) in [7, 11) is 0. The van der Waals surface area contributed by atoms with E-state index in [9.17, 15) is 18.4 Å². The SMILES string of the molecule is CCCc1cc(=O)[nH]c(-n2nc(-c3cccs3)cc2NC(=O)c2ccc(F)cc2F)n1. The molecule has 0 unspecified atom stereocenters. The highest BCUT2D eigenvalue weighted by Gasteiger charge is 2.19. The molecule has 0 spiro atoms. The van der Waals surface area contributed by atoms with Crippen LogP contribution < -0.4 is 10.9 Å². The van der Waals surface area contributed by atoms with Gasteiger partial charge in [-0.05, 0) is 30.0 Å². The summed E-state index contributed by atoms with van der Waals surface area (Å²) < 4.78 is 28.5. The normalized spacial score (nSPS) is 10.9. The molecule has 0 aliphatic carbocycles. The van der Waals surface area contributed by atoms with E-state index in [0.29, 0.717) is 23.9 Å². The first kappa shape index (κ1) is 20.6. The molecule has 0 saturated heterocycles. The van der Waals surface area contributed by atoms with Crippen LogP contribution >= 0.6 is 11.3 Å². The van der Waals surface area contributed by atoms with Gasteiger partial charge in [-0.3, -0.25) is 14.6 Å². The summed E-state index contributed by atoms with van der Waals surface area (Å²) >= 11 is 1.44. The molecule has 158 valence electrons. The third-order valence-electron chi connectivity index (χ3n) is 4.39. The van der Waals surface area contributed by atoms with Gasteiger partial charge in [0.2, 0.25) is 5.95 Å². The minimum absolute atomic E-state index is 0.119. The van der Waals surface area contributed by atoms with Crippen LogP contribution in [0.15, 0.2) is 52.6 Å². The van der Waals surface area contributed by atoms with Crippen LogP contribution in [0.3, 0.4) is 0 Å². The van der Waals surface area contributed by atoms with Crippen LogP contribution in [0.4, 0.5) is 14.6 Å². The van der Waals surface area contributed by atoms with Crippen molar-refractivity contribution in [1.29, 1.82) is 0 Å². The van der Waals surface area contributed by atoms with Gasteiger partial charge in [0.25, 0.3) is 11.5 Å². The van der Waals surface area contributed by atoms with Crippen LogP contribution in [-0.2, 0) is 6.42 Å². The Morgan fingerprint density at radius 1 is 1.23 bits per heavy atom. The highest BCUT2D eigenvalue weighted by Crippen LogP contribution is 2.27. The fraction of sp³-hybridized carbons (Fsp3) is 0.143. The third kappa shape index (κ3) is 4.43. The molecule has 3 aromatic heterocycles. The largest absolute Gasteiger partial charge is 0.306 e. The van der Waals surface area contributed by atoms with Gasteiger partial charge in [0.05, 0.1) is 10.4 Å². The average Bonchev–Trinajstić information content (AvgIpc) is 3.37. The molecule has 0 saturated carbocycles. The van der Waals surface area contributed by atoms with E-state index >= 15 is 0 Å². The van der Waals surface area contributed by atoms with E-state index in [1.807, 2.05) is 24.4 Å². The lowest BCUT2D eigenvalue weighted by Gasteiger charge is -2.09. The summed E-state index contributed by atoms with van der Waals surface area (Å²) in [4.78, 5) is 32.7. The number of aryl methyl sites for hydroxylation is 1. The number of rotatable bonds is 6. The molecule has 7 nitrogen and oxygen atoms in total. The van der Waals surface area contributed by atoms with Gasteiger partial charge in [0.15, 0.2) is 0 Å². The number of nitrogens with zero attached hydrogens (tertiary/aromatic N) is 3. The summed E-state index contributed by atoms with van der Waals surface area (Å²) in [6, 6.07) is 9.40. The average molecular weight is 441 g/mol. The Bertz CT molecular complexity index is 1300. The molecule has 1 aromatic carbocycles. The number of carbonyl (C=O) groups excluding carboxylic acids is 1. The summed E-state index contributed by atoms with van der Waals surface area (Å²) in [5.41, 5.74) is 0.432. The predicted octanol–water partition coefficient (Wildman–Crippen LogP) is 4.17. The van der Waals surface area contributed by atoms with E-state index in [0.717, 1.165) is 23.4 Å². The Hall–Kier alpha value is -3.66. The smallest absolute Gasteiger partial charge is 0.259 e. The minimum Gasteiger partial charge on any atom is -0.306 e. The van der Waals surface area contributed by atoms with Crippen LogP contribution in [0, 0.1) is 11.6 Å². The Labute approximate surface area is 179 Å². The highest BCUT2D eigenvalue weighted by atomic mass is 32.1. The number of H-pyrrole nitrogens is 1. The summed E-state index contributed by atoms with van der Waals surface area (Å²) in [5, 5.41) is 8.93. The number of aromatic nitrogens is 4. The van der Waals surface area contributed by atoms with Crippen molar-refractivity contribution in [3.05, 3.63) is 81.1 Å². The third-order valence-corrected chi connectivity index (χ3v) is 5.28. The topological polar surface area (TPSA) is 92.7 Å². The number of amides is 1. The number of halogens is 2. The molecule has 0 bridgehead atoms. The number of anilines is 1. The van der Waals surface area contributed by atoms with E-state index < -0.39 is 17.5 Å². The first-order chi connectivity index (χ1) is 14.9. The molecule has 10 heteroatoms. The molecule has 2 N–H and O–H groups in total. The maximum atomic E-state index is 14.1. The standard InChI is InChI=1S/C21H17F2N5O2S/c1-2-4-13-10-19(29)26-21(24-13)28-18(11-16(27-28)17-5-3-8-31-17)25-20(30)14-7-6-12(22)9-15(14)23/h3,5-11H,2,4H2,1H3,(H,25,30)(H,24,26,29). The van der Waals surface area contributed by atoms with Gasteiger partial charge in [-0.2, -0.15) is 9.78 Å². The number of benzene rings is 1. The number of nitrogens with one attached hydrogen (secondary N) is 2. The van der Waals surface area contributed by atoms with E-state index in [1.165, 1.54) is 22.1 Å². The zero-order chi connectivity index (χ0) is 22.0. The number of carbonyl (C=O) groups is 1. The lowest BCUT2D eigenvalue weighted by molar-refractivity contribution is 0.102. The van der Waals surface area contributed by atoms with E-state index in [4.69, 9.17) is 0 Å². The lowest BCUT2D eigenvalue weighted by atomic mass is 10.2. The fourth-order valence-corrected chi connectivity index (χ4v) is 3.69. The summed E-state index contributed by atoms with van der Waals surface area (Å²) in [6.07, 6.45) is 1.39. The molecule has 0 atom stereocenters. The van der Waals surface area contributed by atoms with Crippen molar-refractivity contribution in [2.75, 3.05) is 5.32 Å². The van der Waals surface area contributed by atoms with Gasteiger partial charge in [-0.1, -0.05) is 19.4 Å². The van der Waals surface area contributed by atoms with Crippen molar-refractivity contribution in [3.8, 4) is 16.5 Å². The maximum Gasteiger partial charge on any atom is 0.259 e. The van der Waals surface area contributed by atoms with Gasteiger partial charge in [0, 0.05) is 23.9 Å². The number of hydrogen-bond acceptors (Lipinski definition) is 5. The van der Waals surface area contributed by atoms with Crippen LogP contribution in [0.2, 0.25) is 0 Å². The molecular weight excluding hydrogens is 424 g/mol. The zero-order valence-electron chi connectivity index (χ0n) is 16.4. The highest BCUT2D eigenvalue weighted by molar-refractivity contribution is 7.13. The molecule has 4 aromatic rings. The van der Waals surface area contributed by atoms with Crippen LogP contribution in [-0.4, -0.2) is 25.7 Å². The molecule has 1 amide bonds. The summed E-state index contributed by atoms with van der Waals surface area (Å²) in [6.45, 7) is 1.97. The van der Waals surface area contributed by atoms with Crippen LogP contribution in [0.5, 0.6) is 0 Å². The predicted molar refractivity (Wildman–Crippen MR) is 114 cm³/mol. The lowest BCUT2D eigenvalue weighted by Crippen LogP contribution is -2.20. The second kappa shape index (κ2) is 8.60. The zero-order valence-corrected chi connectivity index (χ0v) is 17.2. The first-order valence-corrected chi connectivity index (χ1v) is 10.3. The molecule has 0 aliphatic rings. The Morgan fingerprint density at radius 3 is 2.77 bits per heavy atom. The number of aromatic amines is 1. The molecule has 0 aliphatic heterocycles. The molecular formula is C21H17F2N5O2S. The van der Waals surface area contributed by atoms with Crippen LogP contribution in [0.1, 0.15) is 29.4 Å². The van der Waals surface area contributed by atoms with Crippen molar-refractivity contribution in [3.63, 3.8) is 0 Å². The van der Waals surface area contributed by atoms with Crippen molar-refractivity contribution in [1.82, 2.24) is 19.7 Å². The number of thiophene rings is 1. The molecule has 0 radical (unpaired) electrons.